The van der Waals surface area contributed by atoms with Crippen molar-refractivity contribution >= 4 is 17.8 Å². The molecule has 0 spiro atoms. The Morgan fingerprint density at radius 1 is 1.10 bits per heavy atom. The number of fused-ring (bicyclic) bond motifs is 3. The molecule has 3 N–H and O–H groups in total. The van der Waals surface area contributed by atoms with Crippen molar-refractivity contribution in [1.82, 2.24) is 0 Å². The van der Waals surface area contributed by atoms with Gasteiger partial charge in [0.15, 0.2) is 17.0 Å². The van der Waals surface area contributed by atoms with E-state index in [1.165, 1.54) is 6.08 Å². The number of hydrogen-bond donors (Lipinski definition) is 3. The Bertz CT molecular complexity index is 1650. The highest BCUT2D eigenvalue weighted by atomic mass is 16.9. The van der Waals surface area contributed by atoms with E-state index in [4.69, 9.17) is 23.7 Å². The molecular formula is C39H46O10. The van der Waals surface area contributed by atoms with Gasteiger partial charge in [-0.2, -0.15) is 0 Å². The lowest BCUT2D eigenvalue weighted by Crippen LogP contribution is -2.76. The van der Waals surface area contributed by atoms with Gasteiger partial charge < -0.3 is 39.0 Å². The summed E-state index contributed by atoms with van der Waals surface area (Å²) >= 11 is 0. The molecule has 3 aliphatic heterocycles. The summed E-state index contributed by atoms with van der Waals surface area (Å²) in [7, 11) is 0. The van der Waals surface area contributed by atoms with Crippen LogP contribution >= 0.6 is 0 Å². The number of rotatable bonds is 11. The molecule has 3 aliphatic carbocycles. The average molecular weight is 675 g/mol. The summed E-state index contributed by atoms with van der Waals surface area (Å²) in [5.41, 5.74) is -5.57. The van der Waals surface area contributed by atoms with Crippen molar-refractivity contribution < 1.29 is 48.6 Å². The molecule has 10 heteroatoms. The lowest BCUT2D eigenvalue weighted by molar-refractivity contribution is -0.407. The van der Waals surface area contributed by atoms with E-state index >= 15 is 0 Å². The fraction of sp³-hybridized carbons (Fsp3) is 0.538. The minimum atomic E-state index is -2.42. The van der Waals surface area contributed by atoms with Crippen molar-refractivity contribution in [1.29, 1.82) is 0 Å². The molecule has 10 nitrogen and oxygen atoms in total. The Labute approximate surface area is 286 Å². The van der Waals surface area contributed by atoms with E-state index < -0.39 is 88.9 Å². The summed E-state index contributed by atoms with van der Waals surface area (Å²) in [5, 5.41) is 35.0. The second-order valence-corrected chi connectivity index (χ2v) is 14.5. The van der Waals surface area contributed by atoms with Gasteiger partial charge in [-0.05, 0) is 49.5 Å². The maximum Gasteiger partial charge on any atom is 0.331 e. The van der Waals surface area contributed by atoms with Gasteiger partial charge in [0.2, 0.25) is 0 Å². The van der Waals surface area contributed by atoms with Gasteiger partial charge in [-0.3, -0.25) is 4.79 Å². The van der Waals surface area contributed by atoms with Gasteiger partial charge in [0.1, 0.15) is 30.0 Å². The Balaban J connectivity index is 1.37. The molecule has 0 aromatic heterocycles. The number of allylic oxidation sites excluding steroid dienone is 3. The van der Waals surface area contributed by atoms with Gasteiger partial charge in [0.05, 0.1) is 12.2 Å². The number of Topliss-reactive ketones (excluding diaryl/α,β-unsaturated/α-hetero) is 1. The molecule has 12 unspecified atom stereocenters. The second kappa shape index (κ2) is 11.9. The molecule has 6 aliphatic rings. The minimum Gasteiger partial charge on any atom is -0.455 e. The summed E-state index contributed by atoms with van der Waals surface area (Å²) in [6.07, 6.45) is 11.5. The molecule has 0 radical (unpaired) electrons. The first-order valence-electron chi connectivity index (χ1n) is 17.3. The SMILES string of the molecule is C=C(C)C12OC3(C=CC=CCCCCC)OC1C1C4OC4(CO)C(O)C4(O)C(=O)C(C)=CC4C1(O3)C(C)C2OC(=O)C=Cc1ccccc1. The van der Waals surface area contributed by atoms with E-state index in [0.29, 0.717) is 5.57 Å². The quantitative estimate of drug-likeness (QED) is 0.0784. The van der Waals surface area contributed by atoms with Gasteiger partial charge in [0.25, 0.3) is 0 Å². The zero-order chi connectivity index (χ0) is 35.0. The fourth-order valence-corrected chi connectivity index (χ4v) is 9.38. The first kappa shape index (κ1) is 34.2. The van der Waals surface area contributed by atoms with E-state index in [9.17, 15) is 24.9 Å². The standard InChI is InChI=1S/C39H46O10/c1-6-7-8-9-10-11-15-20-36-47-33-29-32-35(22-40,46-32)34(43)37(44)27(21-24(4)30(37)42)39(29,49-36)25(5)31(38(33,48-36)23(2)3)45-28(41)19-18-26-16-13-12-14-17-26/h10-21,25,27,29,31-34,40,43-44H,2,6-9,22H2,1,3-5H3. The number of unbranched alkanes of at least 4 members (excludes halogenated alkanes) is 3. The number of ether oxygens (including phenoxy) is 5. The molecule has 49 heavy (non-hydrogen) atoms. The van der Waals surface area contributed by atoms with Gasteiger partial charge >= 0.3 is 11.9 Å². The first-order chi connectivity index (χ1) is 23.4. The van der Waals surface area contributed by atoms with Crippen LogP contribution in [0, 0.1) is 17.8 Å². The predicted molar refractivity (Wildman–Crippen MR) is 178 cm³/mol. The maximum absolute atomic E-state index is 13.9. The molecule has 3 bridgehead atoms. The van der Waals surface area contributed by atoms with E-state index in [-0.39, 0.29) is 5.57 Å². The van der Waals surface area contributed by atoms with Crippen LogP contribution in [0.25, 0.3) is 6.08 Å². The molecule has 5 fully saturated rings. The number of carbonyl (C=O) groups is 2. The first-order valence-corrected chi connectivity index (χ1v) is 17.3. The summed E-state index contributed by atoms with van der Waals surface area (Å²) < 4.78 is 33.2. The van der Waals surface area contributed by atoms with Crippen molar-refractivity contribution in [2.75, 3.05) is 6.61 Å². The van der Waals surface area contributed by atoms with E-state index in [1.807, 2.05) is 49.4 Å². The third-order valence-electron chi connectivity index (χ3n) is 11.7. The summed E-state index contributed by atoms with van der Waals surface area (Å²) in [6, 6.07) is 9.33. The highest BCUT2D eigenvalue weighted by molar-refractivity contribution is 6.05. The predicted octanol–water partition coefficient (Wildman–Crippen LogP) is 4.10. The van der Waals surface area contributed by atoms with E-state index in [2.05, 4.69) is 13.5 Å². The maximum atomic E-state index is 13.9. The minimum absolute atomic E-state index is 0.234. The Hall–Kier alpha value is -3.22. The molecule has 0 amide bonds. The van der Waals surface area contributed by atoms with Crippen molar-refractivity contribution in [2.24, 2.45) is 17.8 Å². The van der Waals surface area contributed by atoms with Crippen LogP contribution in [0.2, 0.25) is 0 Å². The topological polar surface area (TPSA) is 144 Å². The summed E-state index contributed by atoms with van der Waals surface area (Å²) in [4.78, 5) is 27.5. The van der Waals surface area contributed by atoms with E-state index in [0.717, 1.165) is 31.2 Å². The molecule has 262 valence electrons. The molecular weight excluding hydrogens is 628 g/mol. The lowest BCUT2D eigenvalue weighted by Gasteiger charge is -2.61. The fourth-order valence-electron chi connectivity index (χ4n) is 9.38. The molecule has 1 aromatic rings. The zero-order valence-corrected chi connectivity index (χ0v) is 28.4. The van der Waals surface area contributed by atoms with Gasteiger partial charge in [0, 0.05) is 29.9 Å². The Morgan fingerprint density at radius 3 is 2.55 bits per heavy atom. The number of aliphatic hydroxyl groups is 3. The highest BCUT2D eigenvalue weighted by Crippen LogP contribution is 2.73. The number of aliphatic hydroxyl groups excluding tert-OH is 2. The largest absolute Gasteiger partial charge is 0.455 e. The smallest absolute Gasteiger partial charge is 0.331 e. The van der Waals surface area contributed by atoms with Gasteiger partial charge in [-0.25, -0.2) is 4.79 Å². The number of ketones is 1. The number of benzene rings is 1. The number of hydrogen-bond acceptors (Lipinski definition) is 10. The van der Waals surface area contributed by atoms with Gasteiger partial charge in [-0.15, -0.1) is 0 Å². The second-order valence-electron chi connectivity index (χ2n) is 14.5. The van der Waals surface area contributed by atoms with Crippen LogP contribution in [0.5, 0.6) is 0 Å². The summed E-state index contributed by atoms with van der Waals surface area (Å²) in [6.45, 7) is 11.0. The molecule has 3 heterocycles. The average Bonchev–Trinajstić information content (AvgIpc) is 3.71. The van der Waals surface area contributed by atoms with Crippen LogP contribution in [0.1, 0.15) is 58.9 Å². The monoisotopic (exact) mass is 674 g/mol. The number of esters is 1. The van der Waals surface area contributed by atoms with Crippen molar-refractivity contribution in [2.45, 2.75) is 106 Å². The van der Waals surface area contributed by atoms with E-state index in [1.54, 1.807) is 38.2 Å². The lowest BCUT2D eigenvalue weighted by atomic mass is 9.53. The van der Waals surface area contributed by atoms with Crippen LogP contribution in [-0.2, 0) is 33.3 Å². The number of carbonyl (C=O) groups excluding carboxylic acids is 2. The molecule has 12 atom stereocenters. The van der Waals surface area contributed by atoms with Crippen LogP contribution in [-0.4, -0.2) is 86.5 Å². The summed E-state index contributed by atoms with van der Waals surface area (Å²) in [5.74, 6) is -5.89. The van der Waals surface area contributed by atoms with Gasteiger partial charge in [-0.1, -0.05) is 87.9 Å². The number of epoxide rings is 1. The van der Waals surface area contributed by atoms with Crippen LogP contribution < -0.4 is 0 Å². The van der Waals surface area contributed by atoms with Crippen molar-refractivity contribution in [3.8, 4) is 0 Å². The Morgan fingerprint density at radius 2 is 1.86 bits per heavy atom. The molecule has 3 saturated heterocycles. The van der Waals surface area contributed by atoms with Crippen LogP contribution in [0.15, 0.2) is 84.5 Å². The van der Waals surface area contributed by atoms with Crippen molar-refractivity contribution in [3.05, 3.63) is 90.1 Å². The van der Waals surface area contributed by atoms with Crippen LogP contribution in [0.4, 0.5) is 0 Å². The molecule has 2 saturated carbocycles. The molecule has 1 aromatic carbocycles. The highest BCUT2D eigenvalue weighted by Gasteiger charge is 2.90. The molecule has 7 rings (SSSR count). The zero-order valence-electron chi connectivity index (χ0n) is 28.4. The third kappa shape index (κ3) is 4.65. The third-order valence-corrected chi connectivity index (χ3v) is 11.7. The van der Waals surface area contributed by atoms with Crippen molar-refractivity contribution in [3.63, 3.8) is 0 Å². The normalized spacial score (nSPS) is 44.6. The Kier molecular flexibility index (Phi) is 8.34. The van der Waals surface area contributed by atoms with Crippen LogP contribution in [0.3, 0.4) is 0 Å².